The Morgan fingerprint density at radius 1 is 0.393 bits per heavy atom. The lowest BCUT2D eigenvalue weighted by molar-refractivity contribution is -0.137. The number of hydrogen-bond acceptors (Lipinski definition) is 2. The third kappa shape index (κ3) is 4.88. The van der Waals surface area contributed by atoms with Crippen molar-refractivity contribution in [1.29, 1.82) is 0 Å². The van der Waals surface area contributed by atoms with Gasteiger partial charge in [-0.15, -0.1) is 22.7 Å². The Morgan fingerprint density at radius 2 is 0.820 bits per heavy atom. The van der Waals surface area contributed by atoms with E-state index in [4.69, 9.17) is 0 Å². The van der Waals surface area contributed by atoms with Crippen molar-refractivity contribution >= 4 is 107 Å². The standard InChI is InChI=1S/C49H22F8N2S2/c50-42-41(43(51)45(53)46(54)44(42)52)29-21-34(59-32-14-6-2-10-24(32)26-18-20-38-40(48(26)59)28-12-4-8-16-36(28)61-38)30(49(55,56)57)22-33(29)58-31-13-5-1-9-23(31)25-17-19-37-39(47(25)58)27-11-3-7-15-35(27)60-37/h1-22H. The third-order valence-corrected chi connectivity index (χ3v) is 14.0. The van der Waals surface area contributed by atoms with Crippen molar-refractivity contribution < 1.29 is 35.1 Å². The van der Waals surface area contributed by atoms with Crippen LogP contribution >= 0.6 is 22.7 Å². The van der Waals surface area contributed by atoms with Gasteiger partial charge in [0.1, 0.15) is 0 Å². The summed E-state index contributed by atoms with van der Waals surface area (Å²) >= 11 is 2.91. The lowest BCUT2D eigenvalue weighted by atomic mass is 9.96. The second kappa shape index (κ2) is 12.6. The molecule has 0 amide bonds. The zero-order chi connectivity index (χ0) is 41.6. The molecule has 0 fully saturated rings. The van der Waals surface area contributed by atoms with Crippen LogP contribution in [-0.2, 0) is 6.18 Å². The van der Waals surface area contributed by atoms with Crippen molar-refractivity contribution in [1.82, 2.24) is 9.13 Å². The molecule has 296 valence electrons. The lowest BCUT2D eigenvalue weighted by Crippen LogP contribution is -2.14. The molecule has 0 radical (unpaired) electrons. The van der Waals surface area contributed by atoms with E-state index >= 15 is 30.7 Å². The summed E-state index contributed by atoms with van der Waals surface area (Å²) in [7, 11) is 0. The highest BCUT2D eigenvalue weighted by Crippen LogP contribution is 2.50. The number of hydrogen-bond donors (Lipinski definition) is 0. The fraction of sp³-hybridized carbons (Fsp3) is 0.0204. The van der Waals surface area contributed by atoms with Gasteiger partial charge < -0.3 is 9.13 Å². The average molecular weight is 855 g/mol. The second-order valence-electron chi connectivity index (χ2n) is 14.9. The van der Waals surface area contributed by atoms with E-state index in [1.807, 2.05) is 72.8 Å². The molecule has 4 aromatic heterocycles. The summed E-state index contributed by atoms with van der Waals surface area (Å²) in [6.45, 7) is 0. The molecular formula is C49H22F8N2S2. The Labute approximate surface area is 346 Å². The zero-order valence-corrected chi connectivity index (χ0v) is 32.6. The van der Waals surface area contributed by atoms with Crippen LogP contribution in [0.4, 0.5) is 35.1 Å². The van der Waals surface area contributed by atoms with Crippen molar-refractivity contribution in [2.24, 2.45) is 0 Å². The fourth-order valence-corrected chi connectivity index (χ4v) is 11.5. The highest BCUT2D eigenvalue weighted by molar-refractivity contribution is 7.26. The van der Waals surface area contributed by atoms with Gasteiger partial charge in [-0.3, -0.25) is 0 Å². The number of nitrogens with zero attached hydrogens (tertiary/aromatic N) is 2. The summed E-state index contributed by atoms with van der Waals surface area (Å²) in [5.41, 5.74) is -2.69. The average Bonchev–Trinajstić information content (AvgIpc) is 4.02. The van der Waals surface area contributed by atoms with Crippen LogP contribution in [0.15, 0.2) is 133 Å². The van der Waals surface area contributed by atoms with Gasteiger partial charge in [0, 0.05) is 67.5 Å². The van der Waals surface area contributed by atoms with Crippen LogP contribution in [0.2, 0.25) is 0 Å². The number of thiophene rings is 2. The minimum absolute atomic E-state index is 0.338. The number of aromatic nitrogens is 2. The molecule has 0 atom stereocenters. The molecule has 8 aromatic carbocycles. The van der Waals surface area contributed by atoms with Crippen LogP contribution in [0.25, 0.3) is 106 Å². The van der Waals surface area contributed by atoms with Gasteiger partial charge in [-0.05, 0) is 48.5 Å². The van der Waals surface area contributed by atoms with Gasteiger partial charge in [-0.25, -0.2) is 22.0 Å². The maximum Gasteiger partial charge on any atom is 0.418 e. The Morgan fingerprint density at radius 3 is 1.31 bits per heavy atom. The van der Waals surface area contributed by atoms with E-state index in [0.29, 0.717) is 54.4 Å². The van der Waals surface area contributed by atoms with Crippen molar-refractivity contribution in [3.8, 4) is 22.5 Å². The molecule has 12 aromatic rings. The fourth-order valence-electron chi connectivity index (χ4n) is 9.25. The van der Waals surface area contributed by atoms with E-state index in [2.05, 4.69) is 0 Å². The van der Waals surface area contributed by atoms with E-state index in [0.717, 1.165) is 41.7 Å². The summed E-state index contributed by atoms with van der Waals surface area (Å²) in [6, 6.07) is 37.9. The number of para-hydroxylation sites is 2. The molecule has 0 N–H and O–H groups in total. The van der Waals surface area contributed by atoms with E-state index in [9.17, 15) is 4.39 Å². The van der Waals surface area contributed by atoms with E-state index < -0.39 is 63.3 Å². The molecular weight excluding hydrogens is 833 g/mol. The third-order valence-electron chi connectivity index (χ3n) is 11.7. The number of benzene rings is 8. The Balaban J connectivity index is 1.33. The Hall–Kier alpha value is -6.76. The van der Waals surface area contributed by atoms with E-state index in [1.54, 1.807) is 48.5 Å². The normalized spacial score (nSPS) is 12.6. The van der Waals surface area contributed by atoms with Gasteiger partial charge in [0.25, 0.3) is 0 Å². The van der Waals surface area contributed by atoms with Gasteiger partial charge in [-0.1, -0.05) is 84.9 Å². The van der Waals surface area contributed by atoms with Crippen molar-refractivity contribution in [2.75, 3.05) is 0 Å². The van der Waals surface area contributed by atoms with Crippen LogP contribution < -0.4 is 0 Å². The molecule has 61 heavy (non-hydrogen) atoms. The largest absolute Gasteiger partial charge is 0.418 e. The smallest absolute Gasteiger partial charge is 0.308 e. The summed E-state index contributed by atoms with van der Waals surface area (Å²) < 4.78 is 133. The molecule has 0 saturated heterocycles. The van der Waals surface area contributed by atoms with Gasteiger partial charge in [0.2, 0.25) is 5.82 Å². The summed E-state index contributed by atoms with van der Waals surface area (Å²) in [5, 5.41) is 5.28. The van der Waals surface area contributed by atoms with Gasteiger partial charge in [-0.2, -0.15) is 13.2 Å². The molecule has 4 heterocycles. The maximum absolute atomic E-state index is 16.4. The minimum Gasteiger partial charge on any atom is -0.308 e. The maximum atomic E-state index is 16.4. The van der Waals surface area contributed by atoms with Gasteiger partial charge >= 0.3 is 6.18 Å². The van der Waals surface area contributed by atoms with Crippen molar-refractivity contribution in [3.63, 3.8) is 0 Å². The summed E-state index contributed by atoms with van der Waals surface area (Å²) in [6.07, 6.45) is -5.11. The second-order valence-corrected chi connectivity index (χ2v) is 17.1. The van der Waals surface area contributed by atoms with Crippen molar-refractivity contribution in [2.45, 2.75) is 6.18 Å². The predicted molar refractivity (Wildman–Crippen MR) is 231 cm³/mol. The van der Waals surface area contributed by atoms with Gasteiger partial charge in [0.05, 0.1) is 44.6 Å². The quantitative estimate of drug-likeness (QED) is 0.0952. The van der Waals surface area contributed by atoms with E-state index in [-0.39, 0.29) is 0 Å². The monoisotopic (exact) mass is 854 g/mol. The summed E-state index contributed by atoms with van der Waals surface area (Å²) in [5.74, 6) is -11.2. The van der Waals surface area contributed by atoms with Crippen LogP contribution in [0.3, 0.4) is 0 Å². The SMILES string of the molecule is Fc1c(F)c(F)c(-c2cc(-n3c4ccccc4c4ccc5sc6ccccc6c5c43)c(C(F)(F)F)cc2-n2c3ccccc3c3ccc4sc5ccccc5c4c32)c(F)c1F. The van der Waals surface area contributed by atoms with Crippen LogP contribution in [0.1, 0.15) is 5.56 Å². The highest BCUT2D eigenvalue weighted by Gasteiger charge is 2.39. The van der Waals surface area contributed by atoms with Crippen molar-refractivity contribution in [3.05, 3.63) is 168 Å². The molecule has 0 aliphatic heterocycles. The molecule has 12 rings (SSSR count). The lowest BCUT2D eigenvalue weighted by Gasteiger charge is -2.23. The molecule has 0 bridgehead atoms. The first-order valence-corrected chi connectivity index (χ1v) is 20.6. The number of fused-ring (bicyclic) bond motifs is 14. The highest BCUT2D eigenvalue weighted by atomic mass is 32.1. The topological polar surface area (TPSA) is 9.86 Å². The zero-order valence-electron chi connectivity index (χ0n) is 30.9. The first-order chi connectivity index (χ1) is 29.5. The molecule has 0 unspecified atom stereocenters. The van der Waals surface area contributed by atoms with Crippen LogP contribution in [0, 0.1) is 29.1 Å². The number of halogens is 8. The van der Waals surface area contributed by atoms with Crippen LogP contribution in [0.5, 0.6) is 0 Å². The molecule has 2 nitrogen and oxygen atoms in total. The molecule has 0 aliphatic carbocycles. The molecule has 12 heteroatoms. The predicted octanol–water partition coefficient (Wildman–Crippen LogP) is 16.0. The molecule has 0 aliphatic rings. The minimum atomic E-state index is -5.11. The Bertz CT molecular complexity index is 3860. The van der Waals surface area contributed by atoms with Crippen LogP contribution in [-0.4, -0.2) is 9.13 Å². The molecule has 0 spiro atoms. The van der Waals surface area contributed by atoms with Gasteiger partial charge in [0.15, 0.2) is 23.3 Å². The summed E-state index contributed by atoms with van der Waals surface area (Å²) in [4.78, 5) is 0. The molecule has 0 saturated carbocycles. The first-order valence-electron chi connectivity index (χ1n) is 19.0. The van der Waals surface area contributed by atoms with E-state index in [1.165, 1.54) is 31.8 Å². The Kier molecular flexibility index (Phi) is 7.48. The number of alkyl halides is 3. The number of rotatable bonds is 3. The first kappa shape index (κ1) is 36.1.